The number of hydrogen-bond acceptors (Lipinski definition) is 3. The smallest absolute Gasteiger partial charge is 0.00940 e. The first-order valence-corrected chi connectivity index (χ1v) is 18.9. The van der Waals surface area contributed by atoms with Gasteiger partial charge in [0.25, 0.3) is 0 Å². The Hall–Kier alpha value is -0.120. The molecule has 0 aromatic rings. The molecule has 0 saturated carbocycles. The predicted octanol–water partition coefficient (Wildman–Crippen LogP) is 10.7. The van der Waals surface area contributed by atoms with Crippen LogP contribution >= 0.6 is 0 Å². The van der Waals surface area contributed by atoms with Crippen LogP contribution in [0.2, 0.25) is 0 Å². The zero-order valence-electron chi connectivity index (χ0n) is 28.4. The van der Waals surface area contributed by atoms with E-state index in [0.717, 1.165) is 18.0 Å². The van der Waals surface area contributed by atoms with Gasteiger partial charge in [0.2, 0.25) is 0 Å². The fourth-order valence-electron chi connectivity index (χ4n) is 6.76. The summed E-state index contributed by atoms with van der Waals surface area (Å²) in [5.41, 5.74) is 0. The minimum atomic E-state index is 0.756. The predicted molar refractivity (Wildman–Crippen MR) is 182 cm³/mol. The van der Waals surface area contributed by atoms with E-state index in [4.69, 9.17) is 0 Å². The van der Waals surface area contributed by atoms with Gasteiger partial charge in [-0.1, -0.05) is 143 Å². The van der Waals surface area contributed by atoms with E-state index in [1.807, 2.05) is 0 Å². The van der Waals surface area contributed by atoms with Crippen molar-refractivity contribution in [1.29, 1.82) is 0 Å². The van der Waals surface area contributed by atoms with Gasteiger partial charge in [-0.2, -0.15) is 0 Å². The summed E-state index contributed by atoms with van der Waals surface area (Å²) in [5, 5.41) is 8.02. The van der Waals surface area contributed by atoms with Gasteiger partial charge in [-0.05, 0) is 83.6 Å². The second-order valence-corrected chi connectivity index (χ2v) is 13.5. The van der Waals surface area contributed by atoms with Crippen LogP contribution in [0.5, 0.6) is 0 Å². The summed E-state index contributed by atoms with van der Waals surface area (Å²) < 4.78 is 0. The lowest BCUT2D eigenvalue weighted by molar-refractivity contribution is 0.184. The summed E-state index contributed by atoms with van der Waals surface area (Å²) in [7, 11) is 0. The lowest BCUT2D eigenvalue weighted by atomic mass is 9.94. The van der Waals surface area contributed by atoms with Crippen molar-refractivity contribution in [2.24, 2.45) is 5.92 Å². The molecular weight excluding hydrogens is 486 g/mol. The van der Waals surface area contributed by atoms with E-state index in [9.17, 15) is 0 Å². The highest BCUT2D eigenvalue weighted by Crippen LogP contribution is 2.19. The normalized spacial score (nSPS) is 15.2. The molecule has 0 radical (unpaired) electrons. The van der Waals surface area contributed by atoms with Crippen LogP contribution in [-0.4, -0.2) is 49.7 Å². The summed E-state index contributed by atoms with van der Waals surface area (Å²) in [5.74, 6) is 0.904. The molecule has 2 N–H and O–H groups in total. The zero-order valence-corrected chi connectivity index (χ0v) is 28.4. The summed E-state index contributed by atoms with van der Waals surface area (Å²) in [4.78, 5) is 2.75. The summed E-state index contributed by atoms with van der Waals surface area (Å²) in [6.07, 6.45) is 35.2. The van der Waals surface area contributed by atoms with Crippen molar-refractivity contribution in [1.82, 2.24) is 15.5 Å². The minimum Gasteiger partial charge on any atom is -0.316 e. The van der Waals surface area contributed by atoms with Crippen LogP contribution in [0.15, 0.2) is 0 Å². The fraction of sp³-hybridized carbons (Fsp3) is 1.00. The Labute approximate surface area is 254 Å². The fourth-order valence-corrected chi connectivity index (χ4v) is 6.76. The molecule has 1 aliphatic rings. The van der Waals surface area contributed by atoms with E-state index in [1.54, 1.807) is 0 Å². The Morgan fingerprint density at radius 2 is 1.00 bits per heavy atom. The third-order valence-electron chi connectivity index (χ3n) is 9.56. The average Bonchev–Trinajstić information content (AvgIpc) is 2.97. The molecule has 0 aromatic heterocycles. The third-order valence-corrected chi connectivity index (χ3v) is 9.56. The lowest BCUT2D eigenvalue weighted by Gasteiger charge is -2.35. The molecule has 0 amide bonds. The monoisotopic (exact) mass is 564 g/mol. The molecule has 1 aliphatic heterocycles. The molecule has 240 valence electrons. The largest absolute Gasteiger partial charge is 0.316 e. The first-order chi connectivity index (χ1) is 19.7. The van der Waals surface area contributed by atoms with Gasteiger partial charge in [0.1, 0.15) is 0 Å². The molecule has 0 aliphatic carbocycles. The molecule has 0 atom stereocenters. The van der Waals surface area contributed by atoms with Crippen LogP contribution in [0, 0.1) is 5.92 Å². The van der Waals surface area contributed by atoms with E-state index in [1.165, 1.54) is 193 Å². The highest BCUT2D eigenvalue weighted by Gasteiger charge is 2.21. The molecule has 0 spiro atoms. The van der Waals surface area contributed by atoms with Crippen LogP contribution in [0.25, 0.3) is 0 Å². The van der Waals surface area contributed by atoms with E-state index >= 15 is 0 Å². The highest BCUT2D eigenvalue weighted by molar-refractivity contribution is 4.81. The Morgan fingerprint density at radius 3 is 1.50 bits per heavy atom. The highest BCUT2D eigenvalue weighted by atomic mass is 15.1. The molecule has 0 unspecified atom stereocenters. The second-order valence-electron chi connectivity index (χ2n) is 13.5. The number of piperidine rings is 1. The summed E-state index contributed by atoms with van der Waals surface area (Å²) in [6, 6.07) is 1.52. The zero-order chi connectivity index (χ0) is 28.9. The molecule has 1 saturated heterocycles. The Bertz CT molecular complexity index is 462. The van der Waals surface area contributed by atoms with Crippen LogP contribution in [0.3, 0.4) is 0 Å². The molecule has 1 fully saturated rings. The molecule has 3 heteroatoms. The third kappa shape index (κ3) is 22.5. The van der Waals surface area contributed by atoms with Crippen molar-refractivity contribution in [3.8, 4) is 0 Å². The van der Waals surface area contributed by atoms with E-state index < -0.39 is 0 Å². The number of hydrogen-bond donors (Lipinski definition) is 2. The molecular formula is C37H77N3. The first-order valence-electron chi connectivity index (χ1n) is 18.9. The summed E-state index contributed by atoms with van der Waals surface area (Å²) in [6.45, 7) is 15.6. The van der Waals surface area contributed by atoms with Crippen molar-refractivity contribution in [3.05, 3.63) is 0 Å². The Kier molecular flexibility index (Phi) is 27.5. The van der Waals surface area contributed by atoms with Crippen molar-refractivity contribution in [3.63, 3.8) is 0 Å². The first kappa shape index (κ1) is 37.9. The van der Waals surface area contributed by atoms with E-state index in [0.29, 0.717) is 0 Å². The minimum absolute atomic E-state index is 0.756. The van der Waals surface area contributed by atoms with Gasteiger partial charge < -0.3 is 15.5 Å². The number of nitrogens with one attached hydrogen (secondary N) is 2. The van der Waals surface area contributed by atoms with Gasteiger partial charge in [-0.3, -0.25) is 0 Å². The van der Waals surface area contributed by atoms with E-state index in [2.05, 4.69) is 43.2 Å². The van der Waals surface area contributed by atoms with Crippen LogP contribution in [-0.2, 0) is 0 Å². The maximum Gasteiger partial charge on any atom is 0.00940 e. The molecule has 1 rings (SSSR count). The van der Waals surface area contributed by atoms with Crippen LogP contribution in [0.1, 0.15) is 188 Å². The van der Waals surface area contributed by atoms with E-state index in [-0.39, 0.29) is 0 Å². The standard InChI is InChI=1S/C37H77N3/c1-5-9-13-17-21-26-36(27-22-18-14-10-6-2)39-37-28-32-40(33-29-37)31-23-30-38-34-35(24-19-15-11-7-3)25-20-16-12-8-4/h35-39H,5-34H2,1-4H3. The lowest BCUT2D eigenvalue weighted by Crippen LogP contribution is -2.46. The van der Waals surface area contributed by atoms with Gasteiger partial charge in [-0.15, -0.1) is 0 Å². The maximum atomic E-state index is 4.16. The number of unbranched alkanes of at least 4 members (excludes halogenated alkanes) is 14. The Morgan fingerprint density at radius 1 is 0.550 bits per heavy atom. The van der Waals surface area contributed by atoms with Gasteiger partial charge in [0.05, 0.1) is 0 Å². The molecule has 0 bridgehead atoms. The van der Waals surface area contributed by atoms with Crippen molar-refractivity contribution in [2.75, 3.05) is 32.7 Å². The number of rotatable bonds is 30. The number of likely N-dealkylation sites (tertiary alicyclic amines) is 1. The Balaban J connectivity index is 2.24. The van der Waals surface area contributed by atoms with Crippen molar-refractivity contribution >= 4 is 0 Å². The number of nitrogens with zero attached hydrogens (tertiary/aromatic N) is 1. The maximum absolute atomic E-state index is 4.16. The average molecular weight is 564 g/mol. The molecule has 0 aromatic carbocycles. The van der Waals surface area contributed by atoms with Crippen molar-refractivity contribution in [2.45, 2.75) is 200 Å². The second kappa shape index (κ2) is 29.0. The molecule has 3 nitrogen and oxygen atoms in total. The molecule has 1 heterocycles. The topological polar surface area (TPSA) is 27.3 Å². The quantitative estimate of drug-likeness (QED) is 0.0851. The molecule has 40 heavy (non-hydrogen) atoms. The summed E-state index contributed by atoms with van der Waals surface area (Å²) >= 11 is 0. The van der Waals surface area contributed by atoms with Gasteiger partial charge in [0.15, 0.2) is 0 Å². The van der Waals surface area contributed by atoms with Crippen LogP contribution < -0.4 is 10.6 Å². The van der Waals surface area contributed by atoms with Gasteiger partial charge >= 0.3 is 0 Å². The van der Waals surface area contributed by atoms with Gasteiger partial charge in [0, 0.05) is 12.1 Å². The SMILES string of the molecule is CCCCCCCC(CCCCCCC)NC1CCN(CCCNCC(CCCCCC)CCCCCC)CC1. The van der Waals surface area contributed by atoms with Gasteiger partial charge in [-0.25, -0.2) is 0 Å². The van der Waals surface area contributed by atoms with Crippen LogP contribution in [0.4, 0.5) is 0 Å². The van der Waals surface area contributed by atoms with Crippen molar-refractivity contribution < 1.29 is 0 Å².